The normalized spacial score (nSPS) is 37.8. The van der Waals surface area contributed by atoms with Crippen LogP contribution in [0.1, 0.15) is 122 Å². The third-order valence-corrected chi connectivity index (χ3v) is 10.5. The second kappa shape index (κ2) is 14.8. The lowest BCUT2D eigenvalue weighted by atomic mass is 9.68. The van der Waals surface area contributed by atoms with E-state index in [2.05, 4.69) is 6.92 Å². The molecule has 3 aliphatic carbocycles. The van der Waals surface area contributed by atoms with Gasteiger partial charge in [0.1, 0.15) is 5.83 Å². The summed E-state index contributed by atoms with van der Waals surface area (Å²) >= 11 is 0. The van der Waals surface area contributed by atoms with Gasteiger partial charge in [-0.1, -0.05) is 51.9 Å². The number of allylic oxidation sites excluding steroid dienone is 2. The van der Waals surface area contributed by atoms with Crippen molar-refractivity contribution in [2.24, 2.45) is 41.4 Å². The molecule has 0 spiro atoms. The van der Waals surface area contributed by atoms with Crippen LogP contribution in [-0.4, -0.2) is 25.7 Å². The molecule has 1 saturated heterocycles. The molecule has 0 aromatic rings. The molecule has 6 heteroatoms. The van der Waals surface area contributed by atoms with Crippen molar-refractivity contribution in [1.29, 1.82) is 0 Å². The van der Waals surface area contributed by atoms with Crippen LogP contribution in [0.2, 0.25) is 0 Å². The second-order valence-electron chi connectivity index (χ2n) is 13.2. The first-order valence-corrected chi connectivity index (χ1v) is 16.0. The van der Waals surface area contributed by atoms with Crippen LogP contribution < -0.4 is 0 Å². The molecule has 3 saturated carbocycles. The highest BCUT2D eigenvalue weighted by atomic mass is 19.4. The molecule has 0 aromatic heterocycles. The summed E-state index contributed by atoms with van der Waals surface area (Å²) < 4.78 is 63.7. The van der Waals surface area contributed by atoms with Gasteiger partial charge in [0.15, 0.2) is 6.29 Å². The van der Waals surface area contributed by atoms with Gasteiger partial charge < -0.3 is 9.47 Å². The fourth-order valence-corrected chi connectivity index (χ4v) is 7.99. The molecule has 2 nitrogen and oxygen atoms in total. The Labute approximate surface area is 228 Å². The third kappa shape index (κ3) is 9.49. The monoisotopic (exact) mass is 544 g/mol. The molecular formula is C32H52F4O2. The van der Waals surface area contributed by atoms with Gasteiger partial charge in [0.2, 0.25) is 0 Å². The van der Waals surface area contributed by atoms with Gasteiger partial charge in [-0.15, -0.1) is 0 Å². The first-order chi connectivity index (χ1) is 18.3. The van der Waals surface area contributed by atoms with Gasteiger partial charge >= 0.3 is 6.18 Å². The molecule has 1 heterocycles. The van der Waals surface area contributed by atoms with E-state index < -0.39 is 17.9 Å². The predicted octanol–water partition coefficient (Wildman–Crippen LogP) is 10.2. The molecule has 0 aromatic carbocycles. The van der Waals surface area contributed by atoms with Gasteiger partial charge in [0.25, 0.3) is 0 Å². The minimum Gasteiger partial charge on any atom is -0.352 e. The molecule has 0 amide bonds. The van der Waals surface area contributed by atoms with Crippen molar-refractivity contribution in [1.82, 2.24) is 0 Å². The SMILES string of the molecule is CCCCCC1COC(C2CCC(CCC3CCC(C4CCC(/C(F)=C/C(F)(F)F)CC4)CC3)CC2)OC1. The van der Waals surface area contributed by atoms with Gasteiger partial charge in [-0.3, -0.25) is 0 Å². The highest BCUT2D eigenvalue weighted by Gasteiger charge is 2.35. The number of unbranched alkanes of at least 4 members (excludes halogenated alkanes) is 2. The number of hydrogen-bond acceptors (Lipinski definition) is 2. The summed E-state index contributed by atoms with van der Waals surface area (Å²) in [5.41, 5.74) is 0. The molecule has 0 radical (unpaired) electrons. The van der Waals surface area contributed by atoms with Crippen LogP contribution in [-0.2, 0) is 9.47 Å². The van der Waals surface area contributed by atoms with Crippen LogP contribution >= 0.6 is 0 Å². The van der Waals surface area contributed by atoms with E-state index in [1.165, 1.54) is 89.9 Å². The van der Waals surface area contributed by atoms with Crippen LogP contribution in [0.5, 0.6) is 0 Å². The molecule has 0 atom stereocenters. The minimum absolute atomic E-state index is 0.0286. The lowest BCUT2D eigenvalue weighted by Gasteiger charge is -2.39. The smallest absolute Gasteiger partial charge is 0.352 e. The van der Waals surface area contributed by atoms with E-state index in [0.717, 1.165) is 37.9 Å². The van der Waals surface area contributed by atoms with E-state index in [1.54, 1.807) is 0 Å². The third-order valence-electron chi connectivity index (χ3n) is 10.5. The van der Waals surface area contributed by atoms with Gasteiger partial charge in [0.05, 0.1) is 19.3 Å². The molecule has 0 bridgehead atoms. The molecule has 220 valence electrons. The lowest BCUT2D eigenvalue weighted by Crippen LogP contribution is -2.38. The lowest BCUT2D eigenvalue weighted by molar-refractivity contribution is -0.230. The van der Waals surface area contributed by atoms with E-state index in [-0.39, 0.29) is 12.4 Å². The van der Waals surface area contributed by atoms with E-state index in [4.69, 9.17) is 9.47 Å². The topological polar surface area (TPSA) is 18.5 Å². The Morgan fingerprint density at radius 2 is 1.16 bits per heavy atom. The van der Waals surface area contributed by atoms with Gasteiger partial charge in [-0.25, -0.2) is 4.39 Å². The summed E-state index contributed by atoms with van der Waals surface area (Å²) in [7, 11) is 0. The van der Waals surface area contributed by atoms with Crippen LogP contribution in [0, 0.1) is 41.4 Å². The Balaban J connectivity index is 1.06. The Bertz CT molecular complexity index is 691. The maximum Gasteiger partial charge on any atom is 0.412 e. The van der Waals surface area contributed by atoms with E-state index in [0.29, 0.717) is 36.5 Å². The maximum atomic E-state index is 13.9. The fourth-order valence-electron chi connectivity index (χ4n) is 7.99. The average molecular weight is 545 g/mol. The van der Waals surface area contributed by atoms with Crippen molar-refractivity contribution in [3.8, 4) is 0 Å². The maximum absolute atomic E-state index is 13.9. The van der Waals surface area contributed by atoms with Crippen LogP contribution in [0.4, 0.5) is 17.6 Å². The summed E-state index contributed by atoms with van der Waals surface area (Å²) in [5.74, 6) is 2.64. The average Bonchev–Trinajstić information content (AvgIpc) is 2.92. The summed E-state index contributed by atoms with van der Waals surface area (Å²) in [6.45, 7) is 4.01. The number of alkyl halides is 3. The van der Waals surface area contributed by atoms with Crippen molar-refractivity contribution in [3.63, 3.8) is 0 Å². The van der Waals surface area contributed by atoms with Gasteiger partial charge in [0, 0.05) is 17.8 Å². The molecule has 0 N–H and O–H groups in total. The molecule has 0 unspecified atom stereocenters. The van der Waals surface area contributed by atoms with Gasteiger partial charge in [-0.05, 0) is 94.3 Å². The van der Waals surface area contributed by atoms with E-state index in [1.807, 2.05) is 0 Å². The predicted molar refractivity (Wildman–Crippen MR) is 144 cm³/mol. The number of ether oxygens (including phenoxy) is 2. The number of rotatable bonds is 10. The molecule has 4 aliphatic rings. The van der Waals surface area contributed by atoms with E-state index >= 15 is 0 Å². The van der Waals surface area contributed by atoms with E-state index in [9.17, 15) is 17.6 Å². The van der Waals surface area contributed by atoms with Crippen molar-refractivity contribution < 1.29 is 27.0 Å². The minimum atomic E-state index is -4.55. The molecule has 4 rings (SSSR count). The molecule has 4 fully saturated rings. The van der Waals surface area contributed by atoms with Crippen molar-refractivity contribution in [3.05, 3.63) is 11.9 Å². The Morgan fingerprint density at radius 3 is 1.66 bits per heavy atom. The summed E-state index contributed by atoms with van der Waals surface area (Å²) in [4.78, 5) is 0. The highest BCUT2D eigenvalue weighted by molar-refractivity contribution is 5.03. The molecule has 1 aliphatic heterocycles. The quantitative estimate of drug-likeness (QED) is 0.201. The van der Waals surface area contributed by atoms with Crippen molar-refractivity contribution >= 4 is 0 Å². The Kier molecular flexibility index (Phi) is 11.9. The zero-order valence-corrected chi connectivity index (χ0v) is 23.7. The highest BCUT2D eigenvalue weighted by Crippen LogP contribution is 2.45. The summed E-state index contributed by atoms with van der Waals surface area (Å²) in [6.07, 6.45) is 16.3. The summed E-state index contributed by atoms with van der Waals surface area (Å²) in [6, 6.07) is 0. The van der Waals surface area contributed by atoms with Crippen LogP contribution in [0.25, 0.3) is 0 Å². The Hall–Kier alpha value is -0.620. The fraction of sp³-hybridized carbons (Fsp3) is 0.938. The van der Waals surface area contributed by atoms with Gasteiger partial charge in [-0.2, -0.15) is 13.2 Å². The second-order valence-corrected chi connectivity index (χ2v) is 13.2. The van der Waals surface area contributed by atoms with Crippen molar-refractivity contribution in [2.45, 2.75) is 135 Å². The first kappa shape index (κ1) is 30.3. The van der Waals surface area contributed by atoms with Crippen LogP contribution in [0.15, 0.2) is 11.9 Å². The molecule has 38 heavy (non-hydrogen) atoms. The standard InChI is InChI=1S/C32H52F4O2/c1-2-3-4-5-25-21-37-31(38-22-25)29-14-10-24(11-15-29)7-6-23-8-12-26(13-9-23)27-16-18-28(19-17-27)30(33)20-32(34,35)36/h20,23-29,31H,2-19,21-22H2,1H3/b30-20-. The zero-order valence-electron chi connectivity index (χ0n) is 23.7. The van der Waals surface area contributed by atoms with Crippen molar-refractivity contribution in [2.75, 3.05) is 13.2 Å². The first-order valence-electron chi connectivity index (χ1n) is 16.0. The number of hydrogen-bond donors (Lipinski definition) is 0. The largest absolute Gasteiger partial charge is 0.412 e. The molecular weight excluding hydrogens is 492 g/mol. The number of halogens is 4. The zero-order chi connectivity index (χ0) is 27.0. The van der Waals surface area contributed by atoms with Crippen LogP contribution in [0.3, 0.4) is 0 Å². The summed E-state index contributed by atoms with van der Waals surface area (Å²) in [5, 5.41) is 0. The Morgan fingerprint density at radius 1 is 0.658 bits per heavy atom.